The molecule has 0 saturated carbocycles. The van der Waals surface area contributed by atoms with Crippen LogP contribution in [0.15, 0.2) is 18.2 Å². The van der Waals surface area contributed by atoms with Crippen LogP contribution in [-0.2, 0) is 4.79 Å². The van der Waals surface area contributed by atoms with Crippen LogP contribution in [0.1, 0.15) is 38.5 Å². The molecule has 110 valence electrons. The molecule has 0 bridgehead atoms. The third kappa shape index (κ3) is 3.93. The van der Waals surface area contributed by atoms with E-state index in [0.29, 0.717) is 11.6 Å². The molecule has 0 unspecified atom stereocenters. The van der Waals surface area contributed by atoms with Gasteiger partial charge in [-0.1, -0.05) is 6.07 Å². The topological polar surface area (TPSA) is 65.5 Å². The van der Waals surface area contributed by atoms with Crippen molar-refractivity contribution < 1.29 is 9.90 Å². The molecule has 1 saturated heterocycles. The zero-order chi connectivity index (χ0) is 14.5. The number of pyridine rings is 1. The molecule has 1 aromatic rings. The third-order valence-corrected chi connectivity index (χ3v) is 3.76. The molecule has 1 fully saturated rings. The summed E-state index contributed by atoms with van der Waals surface area (Å²) in [6.45, 7) is 5.94. The lowest BCUT2D eigenvalue weighted by Crippen LogP contribution is -2.38. The molecule has 1 amide bonds. The van der Waals surface area contributed by atoms with Crippen LogP contribution in [0.2, 0.25) is 0 Å². The molecule has 1 aromatic heterocycles. The van der Waals surface area contributed by atoms with Gasteiger partial charge in [0.15, 0.2) is 0 Å². The van der Waals surface area contributed by atoms with E-state index in [9.17, 15) is 9.90 Å². The molecule has 1 atom stereocenters. The molecule has 0 radical (unpaired) electrons. The number of aromatic nitrogens is 1. The Bertz CT molecular complexity index is 454. The molecule has 0 spiro atoms. The number of hydrogen-bond acceptors (Lipinski definition) is 4. The molecule has 5 heteroatoms. The molecule has 20 heavy (non-hydrogen) atoms. The number of rotatable bonds is 4. The fraction of sp³-hybridized carbons (Fsp3) is 0.600. The summed E-state index contributed by atoms with van der Waals surface area (Å²) in [4.78, 5) is 17.7. The Morgan fingerprint density at radius 2 is 2.20 bits per heavy atom. The molecule has 5 nitrogen and oxygen atoms in total. The van der Waals surface area contributed by atoms with Crippen molar-refractivity contribution in [3.63, 3.8) is 0 Å². The Hall–Kier alpha value is -1.62. The van der Waals surface area contributed by atoms with Gasteiger partial charge < -0.3 is 15.3 Å². The highest BCUT2D eigenvalue weighted by Crippen LogP contribution is 2.22. The van der Waals surface area contributed by atoms with Crippen LogP contribution in [0.4, 0.5) is 5.82 Å². The van der Waals surface area contributed by atoms with Gasteiger partial charge >= 0.3 is 0 Å². The first-order valence-electron chi connectivity index (χ1n) is 7.20. The van der Waals surface area contributed by atoms with E-state index < -0.39 is 6.10 Å². The summed E-state index contributed by atoms with van der Waals surface area (Å²) < 4.78 is 0. The minimum atomic E-state index is -0.535. The van der Waals surface area contributed by atoms with Gasteiger partial charge in [0.25, 0.3) is 0 Å². The molecule has 0 aromatic carbocycles. The van der Waals surface area contributed by atoms with Crippen LogP contribution in [0.5, 0.6) is 0 Å². The Kier molecular flexibility index (Phi) is 4.95. The minimum Gasteiger partial charge on any atom is -0.387 e. The van der Waals surface area contributed by atoms with Gasteiger partial charge in [-0.2, -0.15) is 0 Å². The van der Waals surface area contributed by atoms with Gasteiger partial charge in [-0.05, 0) is 37.8 Å². The molecular formula is C15H23N3O2. The highest BCUT2D eigenvalue weighted by Gasteiger charge is 2.20. The molecule has 2 rings (SSSR count). The number of hydrogen-bond donors (Lipinski definition) is 2. The summed E-state index contributed by atoms with van der Waals surface area (Å²) >= 11 is 0. The van der Waals surface area contributed by atoms with E-state index in [1.54, 1.807) is 13.8 Å². The number of nitrogens with one attached hydrogen (secondary N) is 1. The van der Waals surface area contributed by atoms with E-state index >= 15 is 0 Å². The largest absolute Gasteiger partial charge is 0.387 e. The van der Waals surface area contributed by atoms with Crippen molar-refractivity contribution in [3.05, 3.63) is 23.9 Å². The second kappa shape index (κ2) is 6.70. The van der Waals surface area contributed by atoms with Crippen LogP contribution >= 0.6 is 0 Å². The van der Waals surface area contributed by atoms with E-state index in [1.165, 1.54) is 0 Å². The molecule has 1 aliphatic heterocycles. The van der Waals surface area contributed by atoms with Crippen molar-refractivity contribution in [1.82, 2.24) is 10.3 Å². The Labute approximate surface area is 120 Å². The van der Waals surface area contributed by atoms with Crippen molar-refractivity contribution in [2.45, 2.75) is 32.8 Å². The van der Waals surface area contributed by atoms with Crippen LogP contribution in [0.3, 0.4) is 0 Å². The van der Waals surface area contributed by atoms with E-state index in [4.69, 9.17) is 0 Å². The van der Waals surface area contributed by atoms with Crippen molar-refractivity contribution >= 4 is 11.7 Å². The van der Waals surface area contributed by atoms with Crippen LogP contribution in [0, 0.1) is 5.92 Å². The fourth-order valence-electron chi connectivity index (χ4n) is 2.50. The van der Waals surface area contributed by atoms with Gasteiger partial charge in [-0.15, -0.1) is 0 Å². The second-order valence-corrected chi connectivity index (χ2v) is 5.46. The second-order valence-electron chi connectivity index (χ2n) is 5.46. The summed E-state index contributed by atoms with van der Waals surface area (Å²) in [5.74, 6) is 1.52. The molecule has 2 N–H and O–H groups in total. The Morgan fingerprint density at radius 1 is 1.50 bits per heavy atom. The summed E-state index contributed by atoms with van der Waals surface area (Å²) in [5.41, 5.74) is 0.711. The minimum absolute atomic E-state index is 0.0405. The lowest BCUT2D eigenvalue weighted by atomic mass is 9.97. The van der Waals surface area contributed by atoms with Crippen molar-refractivity contribution in [1.29, 1.82) is 0 Å². The first-order chi connectivity index (χ1) is 9.56. The summed E-state index contributed by atoms with van der Waals surface area (Å²) in [6.07, 6.45) is 1.58. The number of piperidine rings is 1. The van der Waals surface area contributed by atoms with Gasteiger partial charge in [0.05, 0.1) is 11.8 Å². The number of nitrogens with zero attached hydrogens (tertiary/aromatic N) is 2. The van der Waals surface area contributed by atoms with Crippen molar-refractivity contribution in [2.75, 3.05) is 24.5 Å². The molecular weight excluding hydrogens is 254 g/mol. The van der Waals surface area contributed by atoms with E-state index in [1.807, 2.05) is 18.2 Å². The number of anilines is 1. The number of aliphatic hydroxyl groups excluding tert-OH is 1. The van der Waals surface area contributed by atoms with Crippen LogP contribution in [0.25, 0.3) is 0 Å². The lowest BCUT2D eigenvalue weighted by molar-refractivity contribution is -0.119. The highest BCUT2D eigenvalue weighted by molar-refractivity contribution is 5.72. The third-order valence-electron chi connectivity index (χ3n) is 3.76. The summed E-state index contributed by atoms with van der Waals surface area (Å²) in [7, 11) is 0. The van der Waals surface area contributed by atoms with Gasteiger partial charge in [-0.3, -0.25) is 4.79 Å². The van der Waals surface area contributed by atoms with Gasteiger partial charge in [-0.25, -0.2) is 4.98 Å². The first kappa shape index (κ1) is 14.8. The zero-order valence-electron chi connectivity index (χ0n) is 12.2. The normalized spacial score (nSPS) is 17.9. The lowest BCUT2D eigenvalue weighted by Gasteiger charge is -2.33. The van der Waals surface area contributed by atoms with E-state index in [-0.39, 0.29) is 5.91 Å². The van der Waals surface area contributed by atoms with Gasteiger partial charge in [0, 0.05) is 26.6 Å². The predicted molar refractivity (Wildman–Crippen MR) is 78.5 cm³/mol. The van der Waals surface area contributed by atoms with Gasteiger partial charge in [0.1, 0.15) is 5.82 Å². The van der Waals surface area contributed by atoms with Crippen LogP contribution < -0.4 is 10.2 Å². The first-order valence-corrected chi connectivity index (χ1v) is 7.20. The number of aliphatic hydroxyl groups is 1. The number of carbonyl (C=O) groups excluding carboxylic acids is 1. The van der Waals surface area contributed by atoms with Crippen molar-refractivity contribution in [3.8, 4) is 0 Å². The van der Waals surface area contributed by atoms with E-state index in [0.717, 1.165) is 38.3 Å². The van der Waals surface area contributed by atoms with E-state index in [2.05, 4.69) is 15.2 Å². The summed E-state index contributed by atoms with van der Waals surface area (Å²) in [6, 6.07) is 5.77. The van der Waals surface area contributed by atoms with Crippen molar-refractivity contribution in [2.24, 2.45) is 5.92 Å². The standard InChI is InChI=1S/C15H23N3O2/c1-11(19)14-4-3-5-15(17-14)18-8-6-13(7-9-18)10-16-12(2)20/h3-5,11,13,19H,6-10H2,1-2H3,(H,16,20)/t11-/m0/s1. The predicted octanol–water partition coefficient (Wildman–Crippen LogP) is 1.49. The average molecular weight is 277 g/mol. The Morgan fingerprint density at radius 3 is 2.80 bits per heavy atom. The number of amides is 1. The molecule has 2 heterocycles. The summed E-state index contributed by atoms with van der Waals surface area (Å²) in [5, 5.41) is 12.5. The molecule has 1 aliphatic rings. The Balaban J connectivity index is 1.90. The quantitative estimate of drug-likeness (QED) is 0.875. The average Bonchev–Trinajstić information content (AvgIpc) is 2.46. The smallest absolute Gasteiger partial charge is 0.216 e. The number of carbonyl (C=O) groups is 1. The molecule has 0 aliphatic carbocycles. The maximum Gasteiger partial charge on any atom is 0.216 e. The van der Waals surface area contributed by atoms with Gasteiger partial charge in [0.2, 0.25) is 5.91 Å². The maximum atomic E-state index is 10.9. The maximum absolute atomic E-state index is 10.9. The highest BCUT2D eigenvalue weighted by atomic mass is 16.3. The van der Waals surface area contributed by atoms with Crippen LogP contribution in [-0.4, -0.2) is 35.6 Å². The zero-order valence-corrected chi connectivity index (χ0v) is 12.2. The SMILES string of the molecule is CC(=O)NCC1CCN(c2cccc([C@H](C)O)n2)CC1. The monoisotopic (exact) mass is 277 g/mol. The fourth-order valence-corrected chi connectivity index (χ4v) is 2.50.